The number of ether oxygens (including phenoxy) is 2. The van der Waals surface area contributed by atoms with Crippen molar-refractivity contribution in [2.75, 3.05) is 52.5 Å². The molecule has 3 rings (SSSR count). The summed E-state index contributed by atoms with van der Waals surface area (Å²) in [4.78, 5) is 4.76. The first-order valence-corrected chi connectivity index (χ1v) is 9.72. The molecule has 0 aliphatic carbocycles. The predicted octanol–water partition coefficient (Wildman–Crippen LogP) is 2.13. The molecule has 2 saturated heterocycles. The fourth-order valence-electron chi connectivity index (χ4n) is 3.65. The van der Waals surface area contributed by atoms with Crippen LogP contribution < -0.4 is 4.74 Å². The average molecular weight is 348 g/mol. The Hall–Kier alpha value is -1.14. The summed E-state index contributed by atoms with van der Waals surface area (Å²) >= 11 is 0. The van der Waals surface area contributed by atoms with Gasteiger partial charge in [0.2, 0.25) is 0 Å². The fraction of sp³-hybridized carbons (Fsp3) is 0.700. The highest BCUT2D eigenvalue weighted by Crippen LogP contribution is 2.21. The first-order chi connectivity index (χ1) is 12.3. The van der Waals surface area contributed by atoms with Crippen molar-refractivity contribution >= 4 is 0 Å². The van der Waals surface area contributed by atoms with Crippen molar-refractivity contribution < 1.29 is 14.6 Å². The van der Waals surface area contributed by atoms with Crippen LogP contribution in [0.15, 0.2) is 24.3 Å². The van der Waals surface area contributed by atoms with Crippen LogP contribution in [0.4, 0.5) is 0 Å². The monoisotopic (exact) mass is 348 g/mol. The van der Waals surface area contributed by atoms with Gasteiger partial charge in [-0.15, -0.1) is 0 Å². The molecule has 2 aliphatic heterocycles. The molecule has 5 nitrogen and oxygen atoms in total. The first-order valence-electron chi connectivity index (χ1n) is 9.72. The summed E-state index contributed by atoms with van der Waals surface area (Å²) in [6, 6.07) is 8.19. The molecule has 0 unspecified atom stereocenters. The molecule has 1 aromatic carbocycles. The lowest BCUT2D eigenvalue weighted by Crippen LogP contribution is -2.38. The van der Waals surface area contributed by atoms with Crippen LogP contribution in [0.5, 0.6) is 5.75 Å². The van der Waals surface area contributed by atoms with Crippen LogP contribution in [0.1, 0.15) is 31.2 Å². The van der Waals surface area contributed by atoms with Gasteiger partial charge < -0.3 is 19.5 Å². The van der Waals surface area contributed by atoms with Gasteiger partial charge in [-0.2, -0.15) is 0 Å². The molecular weight excluding hydrogens is 316 g/mol. The number of para-hydroxylation sites is 1. The summed E-state index contributed by atoms with van der Waals surface area (Å²) in [5.74, 6) is 0.894. The van der Waals surface area contributed by atoms with Crippen molar-refractivity contribution in [2.45, 2.75) is 38.3 Å². The lowest BCUT2D eigenvalue weighted by atomic mass is 10.1. The van der Waals surface area contributed by atoms with E-state index in [0.29, 0.717) is 13.2 Å². The fourth-order valence-corrected chi connectivity index (χ4v) is 3.65. The lowest BCUT2D eigenvalue weighted by molar-refractivity contribution is 0.0611. The third-order valence-corrected chi connectivity index (χ3v) is 5.03. The second-order valence-corrected chi connectivity index (χ2v) is 7.18. The Balaban J connectivity index is 1.49. The molecule has 1 atom stereocenters. The largest absolute Gasteiger partial charge is 0.491 e. The van der Waals surface area contributed by atoms with E-state index in [-0.39, 0.29) is 0 Å². The minimum atomic E-state index is -0.433. The number of rotatable bonds is 7. The van der Waals surface area contributed by atoms with Gasteiger partial charge in [-0.05, 0) is 38.4 Å². The van der Waals surface area contributed by atoms with Crippen LogP contribution in [0.2, 0.25) is 0 Å². The molecule has 25 heavy (non-hydrogen) atoms. The van der Waals surface area contributed by atoms with E-state index in [1.807, 2.05) is 12.1 Å². The molecule has 0 saturated carbocycles. The minimum absolute atomic E-state index is 0.358. The number of hydrogen-bond donors (Lipinski definition) is 1. The molecular formula is C20H32N2O3. The highest BCUT2D eigenvalue weighted by Gasteiger charge is 2.16. The average Bonchev–Trinajstić information content (AvgIpc) is 2.90. The Bertz CT molecular complexity index is 497. The second-order valence-electron chi connectivity index (χ2n) is 7.18. The minimum Gasteiger partial charge on any atom is -0.491 e. The van der Waals surface area contributed by atoms with E-state index in [2.05, 4.69) is 21.9 Å². The molecule has 0 spiro atoms. The highest BCUT2D eigenvalue weighted by atomic mass is 16.5. The molecule has 2 heterocycles. The van der Waals surface area contributed by atoms with Crippen LogP contribution in [0.3, 0.4) is 0 Å². The number of aliphatic hydroxyl groups is 1. The van der Waals surface area contributed by atoms with Gasteiger partial charge in [-0.3, -0.25) is 4.90 Å². The number of hydrogen-bond acceptors (Lipinski definition) is 5. The number of nitrogens with zero attached hydrogens (tertiary/aromatic N) is 2. The SMILES string of the molecule is O[C@@H](COc1ccccc1CN1CCCOCC1)CN1CCCCC1. The van der Waals surface area contributed by atoms with E-state index < -0.39 is 6.10 Å². The van der Waals surface area contributed by atoms with Gasteiger partial charge in [-0.25, -0.2) is 0 Å². The van der Waals surface area contributed by atoms with Gasteiger partial charge in [0.05, 0.1) is 6.61 Å². The normalized spacial score (nSPS) is 21.6. The topological polar surface area (TPSA) is 45.2 Å². The van der Waals surface area contributed by atoms with E-state index in [1.165, 1.54) is 24.8 Å². The Labute approximate surface area is 151 Å². The zero-order chi connectivity index (χ0) is 17.3. The Morgan fingerprint density at radius 1 is 0.960 bits per heavy atom. The van der Waals surface area contributed by atoms with Crippen LogP contribution in [0, 0.1) is 0 Å². The van der Waals surface area contributed by atoms with E-state index in [0.717, 1.165) is 58.1 Å². The maximum Gasteiger partial charge on any atom is 0.123 e. The van der Waals surface area contributed by atoms with Gasteiger partial charge in [0.15, 0.2) is 0 Å². The maximum atomic E-state index is 10.3. The van der Waals surface area contributed by atoms with Crippen molar-refractivity contribution in [1.82, 2.24) is 9.80 Å². The summed E-state index contributed by atoms with van der Waals surface area (Å²) in [5.41, 5.74) is 1.19. The summed E-state index contributed by atoms with van der Waals surface area (Å²) in [7, 11) is 0. The summed E-state index contributed by atoms with van der Waals surface area (Å²) in [5, 5.41) is 10.3. The van der Waals surface area contributed by atoms with Gasteiger partial charge in [0, 0.05) is 38.3 Å². The van der Waals surface area contributed by atoms with Gasteiger partial charge in [0.25, 0.3) is 0 Å². The summed E-state index contributed by atoms with van der Waals surface area (Å²) in [6.45, 7) is 7.84. The first kappa shape index (κ1) is 18.6. The predicted molar refractivity (Wildman–Crippen MR) is 98.9 cm³/mol. The number of likely N-dealkylation sites (tertiary alicyclic amines) is 1. The Kier molecular flexibility index (Phi) is 7.55. The molecule has 0 radical (unpaired) electrons. The van der Waals surface area contributed by atoms with Crippen molar-refractivity contribution in [2.24, 2.45) is 0 Å². The van der Waals surface area contributed by atoms with Crippen LogP contribution in [0.25, 0.3) is 0 Å². The second kappa shape index (κ2) is 10.1. The molecule has 0 bridgehead atoms. The molecule has 0 amide bonds. The Morgan fingerprint density at radius 2 is 1.76 bits per heavy atom. The van der Waals surface area contributed by atoms with Crippen LogP contribution >= 0.6 is 0 Å². The van der Waals surface area contributed by atoms with Crippen LogP contribution in [-0.4, -0.2) is 73.6 Å². The van der Waals surface area contributed by atoms with Crippen molar-refractivity contribution in [1.29, 1.82) is 0 Å². The third-order valence-electron chi connectivity index (χ3n) is 5.03. The molecule has 2 aliphatic rings. The Morgan fingerprint density at radius 3 is 2.64 bits per heavy atom. The molecule has 0 aromatic heterocycles. The zero-order valence-corrected chi connectivity index (χ0v) is 15.2. The third kappa shape index (κ3) is 6.26. The van der Waals surface area contributed by atoms with Crippen molar-refractivity contribution in [3.05, 3.63) is 29.8 Å². The van der Waals surface area contributed by atoms with E-state index in [4.69, 9.17) is 9.47 Å². The summed E-state index contributed by atoms with van der Waals surface area (Å²) in [6.07, 6.45) is 4.46. The molecule has 2 fully saturated rings. The lowest BCUT2D eigenvalue weighted by Gasteiger charge is -2.28. The van der Waals surface area contributed by atoms with Gasteiger partial charge in [0.1, 0.15) is 18.5 Å². The molecule has 5 heteroatoms. The smallest absolute Gasteiger partial charge is 0.123 e. The highest BCUT2D eigenvalue weighted by molar-refractivity contribution is 5.33. The van der Waals surface area contributed by atoms with Gasteiger partial charge >= 0.3 is 0 Å². The standard InChI is InChI=1S/C20H32N2O3/c23-19(16-21-9-4-1-5-10-21)17-25-20-8-3-2-7-18(20)15-22-11-6-13-24-14-12-22/h2-3,7-8,19,23H,1,4-6,9-17H2/t19-/m1/s1. The van der Waals surface area contributed by atoms with Crippen molar-refractivity contribution in [3.8, 4) is 5.75 Å². The zero-order valence-electron chi connectivity index (χ0n) is 15.2. The van der Waals surface area contributed by atoms with E-state index in [1.54, 1.807) is 0 Å². The number of piperidine rings is 1. The molecule has 140 valence electrons. The quantitative estimate of drug-likeness (QED) is 0.818. The van der Waals surface area contributed by atoms with Crippen LogP contribution in [-0.2, 0) is 11.3 Å². The van der Waals surface area contributed by atoms with E-state index >= 15 is 0 Å². The number of aliphatic hydroxyl groups excluding tert-OH is 1. The molecule has 1 N–H and O–H groups in total. The van der Waals surface area contributed by atoms with Gasteiger partial charge in [-0.1, -0.05) is 24.6 Å². The van der Waals surface area contributed by atoms with E-state index in [9.17, 15) is 5.11 Å². The number of benzene rings is 1. The number of β-amino-alcohol motifs (C(OH)–C–C–N with tert-alkyl or cyclic N) is 1. The molecule has 1 aromatic rings. The van der Waals surface area contributed by atoms with Crippen molar-refractivity contribution in [3.63, 3.8) is 0 Å². The summed E-state index contributed by atoms with van der Waals surface area (Å²) < 4.78 is 11.5. The maximum absolute atomic E-state index is 10.3.